The number of hydrogen-bond acceptors (Lipinski definition) is 5. The number of oxime groups is 1. The molecule has 0 aromatic heterocycles. The molecule has 2 rings (SSSR count). The molecule has 0 unspecified atom stereocenters. The van der Waals surface area contributed by atoms with E-state index < -0.39 is 0 Å². The molecule has 1 amide bonds. The lowest BCUT2D eigenvalue weighted by atomic mass is 10.1. The molecule has 1 heterocycles. The van der Waals surface area contributed by atoms with Crippen LogP contribution < -0.4 is 4.90 Å². The van der Waals surface area contributed by atoms with Gasteiger partial charge in [0.25, 0.3) is 0 Å². The van der Waals surface area contributed by atoms with Crippen LogP contribution in [0.4, 0.5) is 5.69 Å². The van der Waals surface area contributed by atoms with E-state index in [1.54, 1.807) is 16.7 Å². The smallest absolute Gasteiger partial charge is 0.237 e. The summed E-state index contributed by atoms with van der Waals surface area (Å²) in [7, 11) is 1.82. The number of likely N-dealkylation sites (N-methyl/N-ethyl adjacent to an activating group) is 1. The van der Waals surface area contributed by atoms with Crippen molar-refractivity contribution in [2.45, 2.75) is 25.7 Å². The van der Waals surface area contributed by atoms with Crippen LogP contribution in [-0.4, -0.2) is 55.6 Å². The molecule has 0 atom stereocenters. The molecule has 0 spiro atoms. The summed E-state index contributed by atoms with van der Waals surface area (Å²) in [6, 6.07) is 6.08. The summed E-state index contributed by atoms with van der Waals surface area (Å²) in [4.78, 5) is 22.4. The van der Waals surface area contributed by atoms with Crippen molar-refractivity contribution in [1.29, 1.82) is 0 Å². The van der Waals surface area contributed by atoms with Crippen LogP contribution in [0, 0.1) is 0 Å². The van der Waals surface area contributed by atoms with Gasteiger partial charge in [-0.3, -0.25) is 4.79 Å². The summed E-state index contributed by atoms with van der Waals surface area (Å²) in [6.07, 6.45) is 0. The molecule has 0 radical (unpaired) electrons. The van der Waals surface area contributed by atoms with Gasteiger partial charge in [0.2, 0.25) is 5.91 Å². The van der Waals surface area contributed by atoms with E-state index in [0.29, 0.717) is 12.4 Å². The van der Waals surface area contributed by atoms with Crippen LogP contribution in [0.3, 0.4) is 0 Å². The average molecular weight is 335 g/mol. The third kappa shape index (κ3) is 4.48. The van der Waals surface area contributed by atoms with Gasteiger partial charge in [-0.2, -0.15) is 0 Å². The number of benzene rings is 1. The summed E-state index contributed by atoms with van der Waals surface area (Å²) >= 11 is 1.58. The van der Waals surface area contributed by atoms with Gasteiger partial charge in [0.15, 0.2) is 0 Å². The maximum atomic E-state index is 11.8. The fourth-order valence-corrected chi connectivity index (χ4v) is 3.38. The molecule has 1 aliphatic heterocycles. The largest absolute Gasteiger partial charge is 0.394 e. The summed E-state index contributed by atoms with van der Waals surface area (Å²) in [5, 5.41) is 4.21. The molecule has 1 aliphatic rings. The van der Waals surface area contributed by atoms with Crippen LogP contribution in [0.5, 0.6) is 0 Å². The third-order valence-corrected chi connectivity index (χ3v) is 5.11. The third-order valence-electron chi connectivity index (χ3n) is 4.06. The van der Waals surface area contributed by atoms with Crippen LogP contribution in [0.15, 0.2) is 28.3 Å². The first kappa shape index (κ1) is 17.8. The zero-order valence-electron chi connectivity index (χ0n) is 14.3. The number of carbonyl (C=O) groups excluding carboxylic acids is 1. The van der Waals surface area contributed by atoms with Gasteiger partial charge < -0.3 is 14.6 Å². The molecule has 0 saturated heterocycles. The van der Waals surface area contributed by atoms with Gasteiger partial charge >= 0.3 is 0 Å². The lowest BCUT2D eigenvalue weighted by molar-refractivity contribution is -0.116. The highest BCUT2D eigenvalue weighted by atomic mass is 32.2. The Balaban J connectivity index is 2.01. The van der Waals surface area contributed by atoms with Crippen molar-refractivity contribution < 1.29 is 9.63 Å². The van der Waals surface area contributed by atoms with Crippen molar-refractivity contribution in [2.24, 2.45) is 5.16 Å². The second kappa shape index (κ2) is 8.36. The maximum Gasteiger partial charge on any atom is 0.237 e. The number of carbonyl (C=O) groups is 1. The summed E-state index contributed by atoms with van der Waals surface area (Å²) in [5.41, 5.74) is 2.75. The van der Waals surface area contributed by atoms with E-state index >= 15 is 0 Å². The molecule has 6 heteroatoms. The second-order valence-electron chi connectivity index (χ2n) is 5.46. The molecule has 0 bridgehead atoms. The normalized spacial score (nSPS) is 15.1. The Labute approximate surface area is 142 Å². The van der Waals surface area contributed by atoms with Crippen LogP contribution in [0.2, 0.25) is 0 Å². The molecule has 0 N–H and O–H groups in total. The van der Waals surface area contributed by atoms with Crippen molar-refractivity contribution in [1.82, 2.24) is 4.90 Å². The topological polar surface area (TPSA) is 45.1 Å². The van der Waals surface area contributed by atoms with E-state index in [0.717, 1.165) is 41.5 Å². The van der Waals surface area contributed by atoms with Crippen molar-refractivity contribution in [3.05, 3.63) is 23.8 Å². The predicted molar refractivity (Wildman–Crippen MR) is 96.5 cm³/mol. The second-order valence-corrected chi connectivity index (χ2v) is 6.48. The van der Waals surface area contributed by atoms with Crippen molar-refractivity contribution in [3.8, 4) is 0 Å². The molecule has 0 saturated carbocycles. The molecule has 5 nitrogen and oxygen atoms in total. The number of thioether (sulfide) groups is 1. The average Bonchev–Trinajstić information content (AvgIpc) is 2.58. The van der Waals surface area contributed by atoms with Gasteiger partial charge in [-0.15, -0.1) is 11.8 Å². The van der Waals surface area contributed by atoms with Gasteiger partial charge in [-0.1, -0.05) is 25.1 Å². The molecule has 126 valence electrons. The molecule has 0 aliphatic carbocycles. The minimum absolute atomic E-state index is 0.129. The number of rotatable bonds is 7. The fourth-order valence-electron chi connectivity index (χ4n) is 2.40. The molecule has 1 aromatic rings. The zero-order valence-corrected chi connectivity index (χ0v) is 15.2. The van der Waals surface area contributed by atoms with Crippen molar-refractivity contribution >= 4 is 29.1 Å². The van der Waals surface area contributed by atoms with E-state index in [1.807, 2.05) is 32.2 Å². The fraction of sp³-hybridized carbons (Fsp3) is 0.529. The van der Waals surface area contributed by atoms with E-state index in [4.69, 9.17) is 4.84 Å². The number of fused-ring (bicyclic) bond motifs is 1. The number of hydrogen-bond donors (Lipinski definition) is 0. The molecule has 0 fully saturated rings. The van der Waals surface area contributed by atoms with Crippen LogP contribution in [0.25, 0.3) is 0 Å². The monoisotopic (exact) mass is 335 g/mol. The summed E-state index contributed by atoms with van der Waals surface area (Å²) in [6.45, 7) is 9.70. The predicted octanol–water partition coefficient (Wildman–Crippen LogP) is 2.84. The Morgan fingerprint density at radius 1 is 1.39 bits per heavy atom. The van der Waals surface area contributed by atoms with E-state index in [9.17, 15) is 4.79 Å². The van der Waals surface area contributed by atoms with Gasteiger partial charge in [0.1, 0.15) is 6.61 Å². The number of anilines is 1. The van der Waals surface area contributed by atoms with Gasteiger partial charge in [0.05, 0.1) is 17.2 Å². The van der Waals surface area contributed by atoms with Crippen LogP contribution in [-0.2, 0) is 9.63 Å². The number of amides is 1. The van der Waals surface area contributed by atoms with Crippen LogP contribution >= 0.6 is 11.8 Å². The highest BCUT2D eigenvalue weighted by Crippen LogP contribution is 2.35. The Morgan fingerprint density at radius 2 is 2.13 bits per heavy atom. The Kier molecular flexibility index (Phi) is 6.47. The van der Waals surface area contributed by atoms with Crippen molar-refractivity contribution in [3.63, 3.8) is 0 Å². The summed E-state index contributed by atoms with van der Waals surface area (Å²) < 4.78 is 0. The first-order valence-corrected chi connectivity index (χ1v) is 8.98. The maximum absolute atomic E-state index is 11.8. The zero-order chi connectivity index (χ0) is 16.8. The van der Waals surface area contributed by atoms with Crippen LogP contribution in [0.1, 0.15) is 26.3 Å². The van der Waals surface area contributed by atoms with Gasteiger partial charge in [0, 0.05) is 24.1 Å². The Morgan fingerprint density at radius 3 is 2.83 bits per heavy atom. The minimum Gasteiger partial charge on any atom is -0.394 e. The molecular formula is C17H25N3O2S. The first-order valence-electron chi connectivity index (χ1n) is 7.99. The van der Waals surface area contributed by atoms with E-state index in [-0.39, 0.29) is 5.91 Å². The first-order chi connectivity index (χ1) is 11.1. The Bertz CT molecular complexity index is 585. The van der Waals surface area contributed by atoms with Gasteiger partial charge in [-0.05, 0) is 32.1 Å². The van der Waals surface area contributed by atoms with E-state index in [2.05, 4.69) is 23.9 Å². The highest BCUT2D eigenvalue weighted by molar-refractivity contribution is 8.00. The molecule has 1 aromatic carbocycles. The lowest BCUT2D eigenvalue weighted by Gasteiger charge is -2.25. The van der Waals surface area contributed by atoms with E-state index in [1.165, 1.54) is 0 Å². The SMILES string of the molecule is CCN(CC)CCO/N=C(/C)c1ccc2c(c1)N(C)C(=O)CS2. The quantitative estimate of drug-likeness (QED) is 0.437. The Hall–Kier alpha value is -1.53. The molecular weight excluding hydrogens is 310 g/mol. The number of nitrogens with zero attached hydrogens (tertiary/aromatic N) is 3. The van der Waals surface area contributed by atoms with Crippen molar-refractivity contribution in [2.75, 3.05) is 43.9 Å². The summed E-state index contributed by atoms with van der Waals surface area (Å²) in [5.74, 6) is 0.634. The lowest BCUT2D eigenvalue weighted by Crippen LogP contribution is -2.31. The minimum atomic E-state index is 0.129. The highest BCUT2D eigenvalue weighted by Gasteiger charge is 2.21. The molecule has 23 heavy (non-hydrogen) atoms. The van der Waals surface area contributed by atoms with Gasteiger partial charge in [-0.25, -0.2) is 0 Å². The standard InChI is InChI=1S/C17H25N3O2S/c1-5-20(6-2)9-10-22-18-13(3)14-7-8-16-15(11-14)19(4)17(21)12-23-16/h7-8,11H,5-6,9-10,12H2,1-4H3/b18-13-.